The lowest BCUT2D eigenvalue weighted by Crippen LogP contribution is -2.42. The summed E-state index contributed by atoms with van der Waals surface area (Å²) in [6, 6.07) is 5.78. The molecular weight excluding hydrogens is 384 g/mol. The predicted molar refractivity (Wildman–Crippen MR) is 103 cm³/mol. The van der Waals surface area contributed by atoms with Crippen LogP contribution in [0.3, 0.4) is 0 Å². The molecule has 2 rings (SSSR count). The van der Waals surface area contributed by atoms with Crippen molar-refractivity contribution < 1.29 is 14.3 Å². The fourth-order valence-electron chi connectivity index (χ4n) is 2.84. The van der Waals surface area contributed by atoms with Crippen LogP contribution in [0.4, 0.5) is 10.5 Å². The molecule has 0 radical (unpaired) electrons. The van der Waals surface area contributed by atoms with Crippen LogP contribution >= 0.6 is 15.9 Å². The van der Waals surface area contributed by atoms with Crippen molar-refractivity contribution in [2.24, 2.45) is 5.92 Å². The number of rotatable bonds is 3. The molecule has 1 saturated heterocycles. The van der Waals surface area contributed by atoms with E-state index in [-0.39, 0.29) is 12.0 Å². The van der Waals surface area contributed by atoms with Gasteiger partial charge in [0.2, 0.25) is 5.91 Å². The van der Waals surface area contributed by atoms with Crippen molar-refractivity contribution in [1.29, 1.82) is 0 Å². The first-order valence-corrected chi connectivity index (χ1v) is 9.47. The molecule has 1 aromatic carbocycles. The number of carbonyl (C=O) groups excluding carboxylic acids is 2. The van der Waals surface area contributed by atoms with Gasteiger partial charge >= 0.3 is 6.09 Å². The van der Waals surface area contributed by atoms with Crippen molar-refractivity contribution in [3.63, 3.8) is 0 Å². The Hall–Kier alpha value is -1.56. The van der Waals surface area contributed by atoms with Crippen LogP contribution in [-0.4, -0.2) is 35.6 Å². The van der Waals surface area contributed by atoms with E-state index in [1.165, 1.54) is 0 Å². The highest BCUT2D eigenvalue weighted by molar-refractivity contribution is 9.10. The fourth-order valence-corrected chi connectivity index (χ4v) is 3.09. The number of benzene rings is 1. The Morgan fingerprint density at radius 3 is 2.48 bits per heavy atom. The molecule has 0 atom stereocenters. The van der Waals surface area contributed by atoms with Gasteiger partial charge in [0.15, 0.2) is 0 Å². The van der Waals surface area contributed by atoms with Gasteiger partial charge in [-0.1, -0.05) is 15.9 Å². The van der Waals surface area contributed by atoms with E-state index in [4.69, 9.17) is 4.74 Å². The van der Waals surface area contributed by atoms with Gasteiger partial charge in [0.05, 0.1) is 0 Å². The number of amides is 2. The van der Waals surface area contributed by atoms with E-state index in [0.717, 1.165) is 28.6 Å². The standard InChI is InChI=1S/C19H27BrN2O3/c1-13-11-15(5-6-16(13)20)21-17(23)12-14-7-9-22(10-8-14)18(24)25-19(2,3)4/h5-6,11,14H,7-10,12H2,1-4H3,(H,21,23). The lowest BCUT2D eigenvalue weighted by atomic mass is 9.93. The molecule has 5 nitrogen and oxygen atoms in total. The summed E-state index contributed by atoms with van der Waals surface area (Å²) in [6.07, 6.45) is 1.87. The summed E-state index contributed by atoms with van der Waals surface area (Å²) in [6.45, 7) is 8.88. The molecule has 1 aliphatic heterocycles. The molecule has 2 amide bonds. The Morgan fingerprint density at radius 1 is 1.28 bits per heavy atom. The minimum atomic E-state index is -0.476. The fraction of sp³-hybridized carbons (Fsp3) is 0.579. The normalized spacial score (nSPS) is 15.8. The SMILES string of the molecule is Cc1cc(NC(=O)CC2CCN(C(=O)OC(C)(C)C)CC2)ccc1Br. The Labute approximate surface area is 158 Å². The molecule has 0 unspecified atom stereocenters. The maximum Gasteiger partial charge on any atom is 0.410 e. The topological polar surface area (TPSA) is 58.6 Å². The number of aryl methyl sites for hydroxylation is 1. The van der Waals surface area contributed by atoms with Gasteiger partial charge in [-0.25, -0.2) is 4.79 Å². The lowest BCUT2D eigenvalue weighted by Gasteiger charge is -2.33. The van der Waals surface area contributed by atoms with E-state index in [2.05, 4.69) is 21.2 Å². The number of piperidine rings is 1. The van der Waals surface area contributed by atoms with Crippen LogP contribution in [0.25, 0.3) is 0 Å². The molecule has 0 spiro atoms. The number of hydrogen-bond donors (Lipinski definition) is 1. The average molecular weight is 411 g/mol. The number of halogens is 1. The third-order valence-corrected chi connectivity index (χ3v) is 5.07. The Balaban J connectivity index is 1.78. The number of likely N-dealkylation sites (tertiary alicyclic amines) is 1. The van der Waals surface area contributed by atoms with Gasteiger partial charge in [-0.15, -0.1) is 0 Å². The van der Waals surface area contributed by atoms with Crippen molar-refractivity contribution in [2.45, 2.75) is 52.6 Å². The number of anilines is 1. The summed E-state index contributed by atoms with van der Waals surface area (Å²) < 4.78 is 6.43. The first-order valence-electron chi connectivity index (χ1n) is 8.68. The van der Waals surface area contributed by atoms with Crippen molar-refractivity contribution in [3.8, 4) is 0 Å². The molecule has 1 N–H and O–H groups in total. The van der Waals surface area contributed by atoms with E-state index in [1.807, 2.05) is 45.9 Å². The van der Waals surface area contributed by atoms with Gasteiger partial charge in [0, 0.05) is 29.7 Å². The molecular formula is C19H27BrN2O3. The Bertz CT molecular complexity index is 632. The highest BCUT2D eigenvalue weighted by atomic mass is 79.9. The number of nitrogens with one attached hydrogen (secondary N) is 1. The number of carbonyl (C=O) groups is 2. The minimum absolute atomic E-state index is 0.0254. The molecule has 0 aliphatic carbocycles. The van der Waals surface area contributed by atoms with E-state index in [1.54, 1.807) is 4.90 Å². The second-order valence-corrected chi connectivity index (χ2v) is 8.48. The maximum atomic E-state index is 12.3. The Kier molecular flexibility index (Phi) is 6.49. The van der Waals surface area contributed by atoms with Crippen molar-refractivity contribution in [2.75, 3.05) is 18.4 Å². The summed E-state index contributed by atoms with van der Waals surface area (Å²) in [7, 11) is 0. The molecule has 25 heavy (non-hydrogen) atoms. The molecule has 0 saturated carbocycles. The van der Waals surface area contributed by atoms with Crippen molar-refractivity contribution in [3.05, 3.63) is 28.2 Å². The van der Waals surface area contributed by atoms with Crippen LogP contribution in [0.15, 0.2) is 22.7 Å². The smallest absolute Gasteiger partial charge is 0.410 e. The predicted octanol–water partition coefficient (Wildman–Crippen LogP) is 4.73. The van der Waals surface area contributed by atoms with Gasteiger partial charge in [-0.3, -0.25) is 4.79 Å². The average Bonchev–Trinajstić information content (AvgIpc) is 2.50. The van der Waals surface area contributed by atoms with Crippen LogP contribution < -0.4 is 5.32 Å². The maximum absolute atomic E-state index is 12.3. The summed E-state index contributed by atoms with van der Waals surface area (Å²) in [5, 5.41) is 2.96. The lowest BCUT2D eigenvalue weighted by molar-refractivity contribution is -0.117. The summed E-state index contributed by atoms with van der Waals surface area (Å²) >= 11 is 3.46. The van der Waals surface area contributed by atoms with Crippen molar-refractivity contribution >= 4 is 33.6 Å². The van der Waals surface area contributed by atoms with Crippen molar-refractivity contribution in [1.82, 2.24) is 4.90 Å². The third kappa shape index (κ3) is 6.34. The van der Waals surface area contributed by atoms with E-state index >= 15 is 0 Å². The van der Waals surface area contributed by atoms with Gasteiger partial charge in [-0.2, -0.15) is 0 Å². The van der Waals surface area contributed by atoms with Crippen LogP contribution in [0.2, 0.25) is 0 Å². The third-order valence-electron chi connectivity index (χ3n) is 4.18. The number of ether oxygens (including phenoxy) is 1. The minimum Gasteiger partial charge on any atom is -0.444 e. The van der Waals surface area contributed by atoms with Crippen LogP contribution in [0.5, 0.6) is 0 Å². The van der Waals surface area contributed by atoms with Crippen LogP contribution in [0, 0.1) is 12.8 Å². The second-order valence-electron chi connectivity index (χ2n) is 7.63. The van der Waals surface area contributed by atoms with E-state index in [9.17, 15) is 9.59 Å². The molecule has 1 aromatic rings. The second kappa shape index (κ2) is 8.21. The molecule has 0 bridgehead atoms. The summed E-state index contributed by atoms with van der Waals surface area (Å²) in [5.41, 5.74) is 1.43. The first-order chi connectivity index (χ1) is 11.6. The molecule has 138 valence electrons. The Morgan fingerprint density at radius 2 is 1.92 bits per heavy atom. The van der Waals surface area contributed by atoms with E-state index < -0.39 is 5.60 Å². The summed E-state index contributed by atoms with van der Waals surface area (Å²) in [5.74, 6) is 0.327. The molecule has 1 heterocycles. The zero-order valence-electron chi connectivity index (χ0n) is 15.4. The number of hydrogen-bond acceptors (Lipinski definition) is 3. The van der Waals surface area contributed by atoms with Crippen LogP contribution in [0.1, 0.15) is 45.6 Å². The summed E-state index contributed by atoms with van der Waals surface area (Å²) in [4.78, 5) is 26.0. The quantitative estimate of drug-likeness (QED) is 0.782. The highest BCUT2D eigenvalue weighted by Gasteiger charge is 2.27. The molecule has 1 fully saturated rings. The largest absolute Gasteiger partial charge is 0.444 e. The molecule has 0 aromatic heterocycles. The van der Waals surface area contributed by atoms with Gasteiger partial charge in [-0.05, 0) is 70.2 Å². The number of nitrogens with zero attached hydrogens (tertiary/aromatic N) is 1. The first kappa shape index (κ1) is 19.8. The van der Waals surface area contributed by atoms with Crippen LogP contribution in [-0.2, 0) is 9.53 Å². The van der Waals surface area contributed by atoms with Gasteiger partial charge in [0.25, 0.3) is 0 Å². The van der Waals surface area contributed by atoms with E-state index in [0.29, 0.717) is 25.4 Å². The molecule has 1 aliphatic rings. The van der Waals surface area contributed by atoms with Gasteiger partial charge < -0.3 is 15.0 Å². The highest BCUT2D eigenvalue weighted by Crippen LogP contribution is 2.24. The van der Waals surface area contributed by atoms with Gasteiger partial charge in [0.1, 0.15) is 5.60 Å². The monoisotopic (exact) mass is 410 g/mol. The zero-order valence-corrected chi connectivity index (χ0v) is 17.0. The zero-order chi connectivity index (χ0) is 18.6. The molecule has 6 heteroatoms.